The lowest BCUT2D eigenvalue weighted by molar-refractivity contribution is -0.154. The molecule has 2 rings (SSSR count). The second-order valence-electron chi connectivity index (χ2n) is 6.17. The molecule has 0 radical (unpaired) electrons. The zero-order valence-corrected chi connectivity index (χ0v) is 15.9. The first-order chi connectivity index (χ1) is 13.3. The number of amides is 1. The van der Waals surface area contributed by atoms with Crippen LogP contribution >= 0.6 is 0 Å². The average Bonchev–Trinajstić information content (AvgIpc) is 2.66. The fourth-order valence-electron chi connectivity index (χ4n) is 2.52. The summed E-state index contributed by atoms with van der Waals surface area (Å²) < 4.78 is 23.4. The monoisotopic (exact) mass is 387 g/mol. The largest absolute Gasteiger partial charge is 0.504 e. The Labute approximate surface area is 162 Å². The van der Waals surface area contributed by atoms with Crippen molar-refractivity contribution in [3.05, 3.63) is 65.5 Å². The Morgan fingerprint density at radius 1 is 1.25 bits per heavy atom. The Morgan fingerprint density at radius 2 is 2.00 bits per heavy atom. The van der Waals surface area contributed by atoms with Crippen LogP contribution in [0.4, 0.5) is 4.39 Å². The molecule has 1 N–H and O–H groups in total. The summed E-state index contributed by atoms with van der Waals surface area (Å²) in [6.07, 6.45) is 1.67. The van der Waals surface area contributed by atoms with Crippen molar-refractivity contribution in [3.63, 3.8) is 0 Å². The number of methoxy groups -OCH3 is 1. The smallest absolute Gasteiger partial charge is 0.331 e. The number of hydrogen-bond acceptors (Lipinski definition) is 5. The van der Waals surface area contributed by atoms with Crippen LogP contribution in [0.3, 0.4) is 0 Å². The van der Waals surface area contributed by atoms with Crippen LogP contribution in [-0.4, -0.2) is 42.1 Å². The van der Waals surface area contributed by atoms with Crippen LogP contribution in [0, 0.1) is 5.82 Å². The van der Waals surface area contributed by atoms with Crippen LogP contribution in [0.2, 0.25) is 0 Å². The van der Waals surface area contributed by atoms with E-state index in [9.17, 15) is 19.1 Å². The normalized spacial score (nSPS) is 11.9. The lowest BCUT2D eigenvalue weighted by Crippen LogP contribution is -2.36. The molecule has 0 saturated carbocycles. The molecule has 0 spiro atoms. The summed E-state index contributed by atoms with van der Waals surface area (Å²) in [5, 5.41) is 9.56. The number of aromatic hydroxyl groups is 1. The molecule has 7 heteroatoms. The van der Waals surface area contributed by atoms with Gasteiger partial charge in [-0.1, -0.05) is 18.2 Å². The molecule has 0 aliphatic rings. The third-order valence-electron chi connectivity index (χ3n) is 3.94. The Morgan fingerprint density at radius 3 is 2.68 bits per heavy atom. The molecule has 28 heavy (non-hydrogen) atoms. The molecule has 1 atom stereocenters. The number of rotatable bonds is 7. The second-order valence-corrected chi connectivity index (χ2v) is 6.17. The number of carbonyl (C=O) groups is 2. The van der Waals surface area contributed by atoms with Crippen molar-refractivity contribution < 1.29 is 28.6 Å². The number of phenols is 1. The van der Waals surface area contributed by atoms with Crippen molar-refractivity contribution in [1.82, 2.24) is 4.90 Å². The number of esters is 1. The van der Waals surface area contributed by atoms with Crippen molar-refractivity contribution in [1.29, 1.82) is 0 Å². The fraction of sp³-hybridized carbons (Fsp3) is 0.238. The van der Waals surface area contributed by atoms with Gasteiger partial charge in [-0.15, -0.1) is 0 Å². The van der Waals surface area contributed by atoms with Gasteiger partial charge in [0.25, 0.3) is 5.91 Å². The second kappa shape index (κ2) is 9.55. The maximum Gasteiger partial charge on any atom is 0.331 e. The summed E-state index contributed by atoms with van der Waals surface area (Å²) >= 11 is 0. The number of halogens is 1. The molecule has 2 aromatic rings. The molecule has 0 saturated heterocycles. The minimum atomic E-state index is -0.995. The Balaban J connectivity index is 1.92. The van der Waals surface area contributed by atoms with Crippen LogP contribution in [-0.2, 0) is 20.9 Å². The van der Waals surface area contributed by atoms with E-state index in [-0.39, 0.29) is 23.9 Å². The molecule has 2 aromatic carbocycles. The summed E-state index contributed by atoms with van der Waals surface area (Å²) in [5.74, 6) is -1.21. The van der Waals surface area contributed by atoms with E-state index in [1.54, 1.807) is 31.3 Å². The molecule has 1 amide bonds. The Kier molecular flexibility index (Phi) is 7.14. The highest BCUT2D eigenvalue weighted by molar-refractivity contribution is 5.90. The van der Waals surface area contributed by atoms with Crippen LogP contribution < -0.4 is 4.74 Å². The molecule has 0 bridgehead atoms. The topological polar surface area (TPSA) is 76.1 Å². The van der Waals surface area contributed by atoms with E-state index in [2.05, 4.69) is 0 Å². The Bertz CT molecular complexity index is 881. The number of ether oxygens (including phenoxy) is 2. The van der Waals surface area contributed by atoms with Gasteiger partial charge in [0.2, 0.25) is 0 Å². The zero-order valence-electron chi connectivity index (χ0n) is 15.9. The summed E-state index contributed by atoms with van der Waals surface area (Å²) in [6.45, 7) is 1.67. The molecule has 0 fully saturated rings. The van der Waals surface area contributed by atoms with Crippen molar-refractivity contribution >= 4 is 18.0 Å². The Hall–Kier alpha value is -3.35. The first kappa shape index (κ1) is 21.0. The van der Waals surface area contributed by atoms with Gasteiger partial charge >= 0.3 is 5.97 Å². The number of likely N-dealkylation sites (N-methyl/N-ethyl adjacent to an activating group) is 1. The van der Waals surface area contributed by atoms with Gasteiger partial charge in [-0.3, -0.25) is 4.79 Å². The molecule has 148 valence electrons. The molecule has 1 unspecified atom stereocenters. The highest BCUT2D eigenvalue weighted by Crippen LogP contribution is 2.26. The minimum absolute atomic E-state index is 0.0113. The summed E-state index contributed by atoms with van der Waals surface area (Å²) in [4.78, 5) is 25.7. The zero-order chi connectivity index (χ0) is 20.7. The molecule has 0 aliphatic carbocycles. The van der Waals surface area contributed by atoms with Gasteiger partial charge in [0, 0.05) is 19.7 Å². The van der Waals surface area contributed by atoms with Gasteiger partial charge in [0.05, 0.1) is 7.11 Å². The highest BCUT2D eigenvalue weighted by atomic mass is 19.1. The first-order valence-corrected chi connectivity index (χ1v) is 8.55. The lowest BCUT2D eigenvalue weighted by atomic mass is 10.2. The molecule has 0 aromatic heterocycles. The van der Waals surface area contributed by atoms with Crippen molar-refractivity contribution in [2.45, 2.75) is 19.6 Å². The average molecular weight is 387 g/mol. The van der Waals surface area contributed by atoms with Crippen LogP contribution in [0.25, 0.3) is 6.08 Å². The van der Waals surface area contributed by atoms with Crippen LogP contribution in [0.5, 0.6) is 11.5 Å². The van der Waals surface area contributed by atoms with Crippen LogP contribution in [0.15, 0.2) is 48.5 Å². The molecular weight excluding hydrogens is 365 g/mol. The summed E-state index contributed by atoms with van der Waals surface area (Å²) in [7, 11) is 2.97. The quantitative estimate of drug-likeness (QED) is 0.583. The predicted molar refractivity (Wildman–Crippen MR) is 102 cm³/mol. The molecule has 6 nitrogen and oxygen atoms in total. The third kappa shape index (κ3) is 5.84. The van der Waals surface area contributed by atoms with E-state index in [0.29, 0.717) is 11.1 Å². The van der Waals surface area contributed by atoms with Crippen molar-refractivity contribution in [2.75, 3.05) is 14.2 Å². The van der Waals surface area contributed by atoms with E-state index in [1.165, 1.54) is 49.3 Å². The number of carbonyl (C=O) groups excluding carboxylic acids is 2. The number of phenolic OH excluding ortho intramolecular Hbond substituents is 1. The predicted octanol–water partition coefficient (Wildman–Crippen LogP) is 3.14. The lowest BCUT2D eigenvalue weighted by Gasteiger charge is -2.21. The van der Waals surface area contributed by atoms with Gasteiger partial charge < -0.3 is 19.5 Å². The standard InChI is InChI=1S/C21H22FNO5/c1-14(21(26)23(2)13-16-5-4-6-17(22)11-16)28-20(25)10-8-15-7-9-18(24)19(12-15)27-3/h4-12,14,24H,13H2,1-3H3/b10-8+. The van der Waals surface area contributed by atoms with Gasteiger partial charge in [-0.25, -0.2) is 9.18 Å². The number of benzene rings is 2. The van der Waals surface area contributed by atoms with Gasteiger partial charge in [0.1, 0.15) is 5.82 Å². The molecule has 0 aliphatic heterocycles. The van der Waals surface area contributed by atoms with E-state index >= 15 is 0 Å². The van der Waals surface area contributed by atoms with Gasteiger partial charge in [-0.05, 0) is 48.4 Å². The maximum absolute atomic E-state index is 13.2. The minimum Gasteiger partial charge on any atom is -0.504 e. The van der Waals surface area contributed by atoms with E-state index in [4.69, 9.17) is 9.47 Å². The maximum atomic E-state index is 13.2. The van der Waals surface area contributed by atoms with E-state index in [1.807, 2.05) is 0 Å². The molecular formula is C21H22FNO5. The number of hydrogen-bond donors (Lipinski definition) is 1. The van der Waals surface area contributed by atoms with E-state index < -0.39 is 18.0 Å². The van der Waals surface area contributed by atoms with Crippen molar-refractivity contribution in [3.8, 4) is 11.5 Å². The number of nitrogens with zero attached hydrogens (tertiary/aromatic N) is 1. The van der Waals surface area contributed by atoms with Crippen molar-refractivity contribution in [2.24, 2.45) is 0 Å². The van der Waals surface area contributed by atoms with Crippen LogP contribution in [0.1, 0.15) is 18.1 Å². The first-order valence-electron chi connectivity index (χ1n) is 8.55. The van der Waals surface area contributed by atoms with Gasteiger partial charge in [0.15, 0.2) is 17.6 Å². The summed E-state index contributed by atoms with van der Waals surface area (Å²) in [6, 6.07) is 10.5. The van der Waals surface area contributed by atoms with Gasteiger partial charge in [-0.2, -0.15) is 0 Å². The summed E-state index contributed by atoms with van der Waals surface area (Å²) in [5.41, 5.74) is 1.25. The molecule has 0 heterocycles. The fourth-order valence-corrected chi connectivity index (χ4v) is 2.52. The SMILES string of the molecule is COc1cc(/C=C/C(=O)OC(C)C(=O)N(C)Cc2cccc(F)c2)ccc1O. The van der Waals surface area contributed by atoms with E-state index in [0.717, 1.165) is 0 Å². The highest BCUT2D eigenvalue weighted by Gasteiger charge is 2.20. The third-order valence-corrected chi connectivity index (χ3v) is 3.94.